The average Bonchev–Trinajstić information content (AvgIpc) is 2.70. The van der Waals surface area contributed by atoms with Crippen molar-refractivity contribution >= 4 is 16.8 Å². The summed E-state index contributed by atoms with van der Waals surface area (Å²) in [5.41, 5.74) is 3.15. The van der Waals surface area contributed by atoms with Crippen LogP contribution in [0.1, 0.15) is 38.3 Å². The molecule has 0 heterocycles. The van der Waals surface area contributed by atoms with E-state index in [4.69, 9.17) is 0 Å². The maximum Gasteiger partial charge on any atom is 0.0284 e. The van der Waals surface area contributed by atoms with Crippen LogP contribution in [0, 0.1) is 11.3 Å². The molecule has 0 atom stereocenters. The molecule has 0 bridgehead atoms. The van der Waals surface area contributed by atoms with Gasteiger partial charge in [0.1, 0.15) is 0 Å². The zero-order valence-electron chi connectivity index (χ0n) is 11.3. The molecular formula is C18H19. The minimum Gasteiger partial charge on any atom is -0.0721 e. The van der Waals surface area contributed by atoms with Crippen LogP contribution in [0.5, 0.6) is 0 Å². The summed E-state index contributed by atoms with van der Waals surface area (Å²) in [6, 6.07) is 13.1. The van der Waals surface area contributed by atoms with Crippen LogP contribution in [0.4, 0.5) is 0 Å². The number of hydrogen-bond acceptors (Lipinski definition) is 0. The summed E-state index contributed by atoms with van der Waals surface area (Å²) >= 11 is 0. The Labute approximate surface area is 109 Å². The molecule has 0 saturated carbocycles. The van der Waals surface area contributed by atoms with Crippen molar-refractivity contribution in [2.75, 3.05) is 0 Å². The summed E-state index contributed by atoms with van der Waals surface area (Å²) in [7, 11) is 0. The van der Waals surface area contributed by atoms with Crippen LogP contribution in [-0.2, 0) is 0 Å². The van der Waals surface area contributed by atoms with Crippen molar-refractivity contribution in [3.8, 4) is 0 Å². The molecule has 1 aliphatic rings. The third-order valence-electron chi connectivity index (χ3n) is 3.47. The molecule has 91 valence electrons. The second-order valence-electron chi connectivity index (χ2n) is 6.35. The lowest BCUT2D eigenvalue weighted by molar-refractivity contribution is 0.399. The van der Waals surface area contributed by atoms with Crippen molar-refractivity contribution in [2.24, 2.45) is 5.41 Å². The molecule has 0 heteroatoms. The molecule has 0 unspecified atom stereocenters. The van der Waals surface area contributed by atoms with Gasteiger partial charge in [0.15, 0.2) is 0 Å². The number of fused-ring (bicyclic) bond motifs is 3. The normalized spacial score (nSPS) is 15.3. The Balaban J connectivity index is 2.13. The molecular weight excluding hydrogens is 216 g/mol. The first-order chi connectivity index (χ1) is 8.54. The highest BCUT2D eigenvalue weighted by atomic mass is 14.3. The second-order valence-corrected chi connectivity index (χ2v) is 6.35. The zero-order chi connectivity index (χ0) is 12.8. The van der Waals surface area contributed by atoms with Crippen LogP contribution < -0.4 is 0 Å². The van der Waals surface area contributed by atoms with Crippen molar-refractivity contribution in [3.05, 3.63) is 59.5 Å². The van der Waals surface area contributed by atoms with Crippen molar-refractivity contribution in [2.45, 2.75) is 27.2 Å². The molecule has 0 N–H and O–H groups in total. The van der Waals surface area contributed by atoms with Gasteiger partial charge >= 0.3 is 0 Å². The highest BCUT2D eigenvalue weighted by Gasteiger charge is 2.25. The predicted octanol–water partition coefficient (Wildman–Crippen LogP) is 5.23. The van der Waals surface area contributed by atoms with E-state index in [-0.39, 0.29) is 0 Å². The second kappa shape index (κ2) is 3.98. The number of hydrogen-bond donors (Lipinski definition) is 0. The SMILES string of the molecule is CC(C)(C)C[C]1C=Cc2ccc3ccccc3c21. The van der Waals surface area contributed by atoms with Gasteiger partial charge in [-0.05, 0) is 33.7 Å². The summed E-state index contributed by atoms with van der Waals surface area (Å²) < 4.78 is 0. The van der Waals surface area contributed by atoms with Gasteiger partial charge in [-0.25, -0.2) is 0 Å². The lowest BCUT2D eigenvalue weighted by atomic mass is 9.81. The lowest BCUT2D eigenvalue weighted by Gasteiger charge is -2.23. The van der Waals surface area contributed by atoms with E-state index in [0.29, 0.717) is 5.41 Å². The molecule has 2 aromatic rings. The average molecular weight is 235 g/mol. The van der Waals surface area contributed by atoms with Crippen LogP contribution in [0.2, 0.25) is 0 Å². The van der Waals surface area contributed by atoms with Crippen molar-refractivity contribution in [1.29, 1.82) is 0 Å². The summed E-state index contributed by atoms with van der Waals surface area (Å²) in [6.07, 6.45) is 5.68. The molecule has 0 saturated heterocycles. The van der Waals surface area contributed by atoms with Crippen molar-refractivity contribution in [3.63, 3.8) is 0 Å². The topological polar surface area (TPSA) is 0 Å². The Bertz CT molecular complexity index is 611. The standard InChI is InChI=1S/C18H19/c1-18(2,3)12-15-11-10-14-9-8-13-6-4-5-7-16(13)17(14)15/h4-11H,12H2,1-3H3. The van der Waals surface area contributed by atoms with Gasteiger partial charge in [0.05, 0.1) is 0 Å². The van der Waals surface area contributed by atoms with E-state index >= 15 is 0 Å². The molecule has 0 spiro atoms. The molecule has 0 aliphatic heterocycles. The lowest BCUT2D eigenvalue weighted by Crippen LogP contribution is -2.10. The smallest absolute Gasteiger partial charge is 0.0284 e. The molecule has 0 nitrogen and oxygen atoms in total. The van der Waals surface area contributed by atoms with E-state index in [1.807, 2.05) is 0 Å². The largest absolute Gasteiger partial charge is 0.0721 e. The molecule has 2 aromatic carbocycles. The molecule has 0 aromatic heterocycles. The maximum atomic E-state index is 2.30. The third kappa shape index (κ3) is 1.96. The molecule has 0 fully saturated rings. The fourth-order valence-corrected chi connectivity index (χ4v) is 2.78. The van der Waals surface area contributed by atoms with Gasteiger partial charge in [-0.2, -0.15) is 0 Å². The first-order valence-electron chi connectivity index (χ1n) is 6.61. The van der Waals surface area contributed by atoms with Gasteiger partial charge < -0.3 is 0 Å². The first kappa shape index (κ1) is 11.5. The Morgan fingerprint density at radius 1 is 0.889 bits per heavy atom. The van der Waals surface area contributed by atoms with Crippen LogP contribution in [0.15, 0.2) is 42.5 Å². The molecule has 1 aliphatic carbocycles. The van der Waals surface area contributed by atoms with Crippen molar-refractivity contribution < 1.29 is 0 Å². The Kier molecular flexibility index (Phi) is 2.55. The quantitative estimate of drug-likeness (QED) is 0.635. The summed E-state index contributed by atoms with van der Waals surface area (Å²) in [6.45, 7) is 6.91. The van der Waals surface area contributed by atoms with Crippen LogP contribution in [-0.4, -0.2) is 0 Å². The Morgan fingerprint density at radius 2 is 1.67 bits per heavy atom. The van der Waals surface area contributed by atoms with E-state index in [1.165, 1.54) is 27.8 Å². The van der Waals surface area contributed by atoms with E-state index in [1.54, 1.807) is 0 Å². The molecule has 0 amide bonds. The molecule has 1 radical (unpaired) electrons. The van der Waals surface area contributed by atoms with E-state index < -0.39 is 0 Å². The summed E-state index contributed by atoms with van der Waals surface area (Å²) in [5.74, 6) is 1.48. The van der Waals surface area contributed by atoms with Gasteiger partial charge in [-0.1, -0.05) is 69.3 Å². The van der Waals surface area contributed by atoms with Gasteiger partial charge in [0.2, 0.25) is 0 Å². The minimum absolute atomic E-state index is 0.332. The first-order valence-corrected chi connectivity index (χ1v) is 6.61. The van der Waals surface area contributed by atoms with Gasteiger partial charge in [0.25, 0.3) is 0 Å². The van der Waals surface area contributed by atoms with Gasteiger partial charge in [-0.3, -0.25) is 0 Å². The predicted molar refractivity (Wildman–Crippen MR) is 79.4 cm³/mol. The van der Waals surface area contributed by atoms with Crippen molar-refractivity contribution in [1.82, 2.24) is 0 Å². The fraction of sp³-hybridized carbons (Fsp3) is 0.278. The highest BCUT2D eigenvalue weighted by molar-refractivity contribution is 5.93. The Morgan fingerprint density at radius 3 is 2.44 bits per heavy atom. The Hall–Kier alpha value is -1.56. The number of allylic oxidation sites excluding steroid dienone is 1. The zero-order valence-corrected chi connectivity index (χ0v) is 11.3. The number of rotatable bonds is 1. The minimum atomic E-state index is 0.332. The van der Waals surface area contributed by atoms with Crippen LogP contribution in [0.25, 0.3) is 16.8 Å². The summed E-state index contributed by atoms with van der Waals surface area (Å²) in [4.78, 5) is 0. The highest BCUT2D eigenvalue weighted by Crippen LogP contribution is 2.41. The number of benzene rings is 2. The van der Waals surface area contributed by atoms with Crippen LogP contribution in [0.3, 0.4) is 0 Å². The summed E-state index contributed by atoms with van der Waals surface area (Å²) in [5, 5.41) is 2.73. The molecule has 18 heavy (non-hydrogen) atoms. The van der Waals surface area contributed by atoms with E-state index in [2.05, 4.69) is 69.3 Å². The van der Waals surface area contributed by atoms with E-state index in [0.717, 1.165) is 6.42 Å². The molecule has 3 rings (SSSR count). The van der Waals surface area contributed by atoms with Crippen LogP contribution >= 0.6 is 0 Å². The monoisotopic (exact) mass is 235 g/mol. The maximum absolute atomic E-state index is 2.30. The third-order valence-corrected chi connectivity index (χ3v) is 3.47. The van der Waals surface area contributed by atoms with E-state index in [9.17, 15) is 0 Å². The van der Waals surface area contributed by atoms with Gasteiger partial charge in [0, 0.05) is 5.92 Å². The fourth-order valence-electron chi connectivity index (χ4n) is 2.78. The van der Waals surface area contributed by atoms with Gasteiger partial charge in [-0.15, -0.1) is 0 Å².